The van der Waals surface area contributed by atoms with Crippen LogP contribution in [-0.4, -0.2) is 87.6 Å². The molecule has 0 aliphatic carbocycles. The summed E-state index contributed by atoms with van der Waals surface area (Å²) in [6.07, 6.45) is 1.48. The van der Waals surface area contributed by atoms with Crippen LogP contribution < -0.4 is 57.6 Å². The zero-order valence-corrected chi connectivity index (χ0v) is 38.3. The second-order valence-electron chi connectivity index (χ2n) is 15.7. The largest absolute Gasteiger partial charge is 0.504 e. The number of aromatic nitrogens is 10. The van der Waals surface area contributed by atoms with Crippen LogP contribution in [0.1, 0.15) is 29.0 Å². The summed E-state index contributed by atoms with van der Waals surface area (Å²) in [5.74, 6) is 1.34. The molecule has 9 rings (SSSR count). The van der Waals surface area contributed by atoms with Crippen molar-refractivity contribution >= 4 is 38.0 Å². The summed E-state index contributed by atoms with van der Waals surface area (Å²) >= 11 is 3.47. The predicted octanol–water partition coefficient (Wildman–Crippen LogP) is 1.21. The van der Waals surface area contributed by atoms with Gasteiger partial charge in [0.15, 0.2) is 34.5 Å². The number of ether oxygens (including phenoxy) is 5. The Bertz CT molecular complexity index is 3590. The SMILES string of the molecule is COc1cc2nc(CCn3c(=O)n4n(c3=O)[C@@H]3Cn5c(=O)n(CCc6nc7cc(OC)c(OC)cc7n(C)c6=O)c(=O)n5[C@@H](c5cc(Br)cc(OC)c5O)C3=CC4)c(=O)n(C)c2cc1OC. The van der Waals surface area contributed by atoms with E-state index in [9.17, 15) is 33.9 Å². The predicted molar refractivity (Wildman–Crippen MR) is 241 cm³/mol. The Morgan fingerprint density at radius 3 is 1.59 bits per heavy atom. The maximum atomic E-state index is 14.6. The normalized spacial score (nSPS) is 15.3. The second kappa shape index (κ2) is 16.5. The van der Waals surface area contributed by atoms with E-state index in [1.807, 2.05) is 0 Å². The van der Waals surface area contributed by atoms with Crippen molar-refractivity contribution < 1.29 is 28.8 Å². The molecule has 3 aromatic carbocycles. The Balaban J connectivity index is 1.12. The minimum Gasteiger partial charge on any atom is -0.504 e. The quantitative estimate of drug-likeness (QED) is 0.170. The summed E-state index contributed by atoms with van der Waals surface area (Å²) in [5, 5.41) is 11.6. The molecule has 2 atom stereocenters. The van der Waals surface area contributed by atoms with Gasteiger partial charge in [0.2, 0.25) is 0 Å². The fourth-order valence-electron chi connectivity index (χ4n) is 9.05. The van der Waals surface area contributed by atoms with Crippen molar-refractivity contribution in [1.82, 2.24) is 47.0 Å². The number of hydrogen-bond donors (Lipinski definition) is 1. The van der Waals surface area contributed by atoms with Gasteiger partial charge in [0.1, 0.15) is 17.4 Å². The molecule has 0 fully saturated rings. The molecule has 1 N–H and O–H groups in total. The second-order valence-corrected chi connectivity index (χ2v) is 16.6. The summed E-state index contributed by atoms with van der Waals surface area (Å²) in [7, 11) is 10.4. The third-order valence-electron chi connectivity index (χ3n) is 12.4. The topological polar surface area (TPSA) is 234 Å². The lowest BCUT2D eigenvalue weighted by atomic mass is 9.89. The molecule has 0 saturated heterocycles. The van der Waals surface area contributed by atoms with Crippen molar-refractivity contribution in [1.29, 1.82) is 0 Å². The highest BCUT2D eigenvalue weighted by Gasteiger charge is 2.42. The van der Waals surface area contributed by atoms with Crippen LogP contribution in [-0.2, 0) is 53.1 Å². The van der Waals surface area contributed by atoms with Crippen molar-refractivity contribution in [2.45, 2.75) is 51.1 Å². The number of phenolic OH excluding ortho intramolecular Hbond substituents is 1. The maximum absolute atomic E-state index is 14.6. The van der Waals surface area contributed by atoms with Gasteiger partial charge >= 0.3 is 22.8 Å². The van der Waals surface area contributed by atoms with Crippen LogP contribution in [0, 0.1) is 0 Å². The average molecular weight is 972 g/mol. The average Bonchev–Trinajstić information content (AvgIpc) is 3.71. The third kappa shape index (κ3) is 6.66. The van der Waals surface area contributed by atoms with Crippen molar-refractivity contribution in [3.8, 4) is 34.5 Å². The first kappa shape index (κ1) is 43.7. The van der Waals surface area contributed by atoms with Crippen molar-refractivity contribution in [3.05, 3.63) is 132 Å². The molecule has 23 heteroatoms. The molecule has 0 amide bonds. The number of benzene rings is 3. The maximum Gasteiger partial charge on any atom is 0.348 e. The van der Waals surface area contributed by atoms with Crippen molar-refractivity contribution in [3.63, 3.8) is 0 Å². The Kier molecular flexibility index (Phi) is 10.9. The first-order valence-electron chi connectivity index (χ1n) is 20.5. The number of fused-ring (bicyclic) bond motifs is 6. The van der Waals surface area contributed by atoms with Gasteiger partial charge in [-0.1, -0.05) is 22.0 Å². The van der Waals surface area contributed by atoms with Gasteiger partial charge in [0.25, 0.3) is 11.1 Å². The highest BCUT2D eigenvalue weighted by atomic mass is 79.9. The number of phenols is 1. The van der Waals surface area contributed by atoms with Crippen LogP contribution in [0.15, 0.2) is 81.3 Å². The van der Waals surface area contributed by atoms with Gasteiger partial charge in [-0.25, -0.2) is 57.0 Å². The lowest BCUT2D eigenvalue weighted by Gasteiger charge is -2.38. The molecule has 22 nitrogen and oxygen atoms in total. The molecule has 0 radical (unpaired) electrons. The Hall–Kier alpha value is -7.56. The van der Waals surface area contributed by atoms with Gasteiger partial charge in [-0.3, -0.25) is 9.59 Å². The fourth-order valence-corrected chi connectivity index (χ4v) is 9.51. The lowest BCUT2D eigenvalue weighted by molar-refractivity contribution is 0.243. The Labute approximate surface area is 380 Å². The summed E-state index contributed by atoms with van der Waals surface area (Å²) in [6.45, 7) is -0.863. The monoisotopic (exact) mass is 970 g/mol. The molecule has 2 aliphatic rings. The number of aromatic hydroxyl groups is 1. The molecular weight excluding hydrogens is 928 g/mol. The number of methoxy groups -OCH3 is 5. The van der Waals surface area contributed by atoms with Crippen LogP contribution in [0.2, 0.25) is 0 Å². The number of nitrogens with zero attached hydrogens (tertiary/aromatic N) is 10. The van der Waals surface area contributed by atoms with E-state index in [0.717, 1.165) is 9.13 Å². The lowest BCUT2D eigenvalue weighted by Crippen LogP contribution is -2.47. The number of rotatable bonds is 12. The molecule has 6 heterocycles. The molecular formula is C43H43BrN10O12. The van der Waals surface area contributed by atoms with Crippen LogP contribution in [0.3, 0.4) is 0 Å². The van der Waals surface area contributed by atoms with E-state index in [2.05, 4.69) is 25.9 Å². The first-order valence-corrected chi connectivity index (χ1v) is 21.3. The van der Waals surface area contributed by atoms with E-state index in [0.29, 0.717) is 55.1 Å². The zero-order chi connectivity index (χ0) is 47.0. The summed E-state index contributed by atoms with van der Waals surface area (Å²) in [6, 6.07) is 7.43. The van der Waals surface area contributed by atoms with Crippen LogP contribution in [0.5, 0.6) is 34.5 Å². The van der Waals surface area contributed by atoms with Crippen molar-refractivity contribution in [2.75, 3.05) is 35.5 Å². The highest BCUT2D eigenvalue weighted by molar-refractivity contribution is 9.10. The molecule has 7 aromatic rings. The van der Waals surface area contributed by atoms with Gasteiger partial charge in [0.05, 0.1) is 76.7 Å². The fraction of sp³-hybridized carbons (Fsp3) is 0.349. The summed E-state index contributed by atoms with van der Waals surface area (Å²) in [4.78, 5) is 94.0. The van der Waals surface area contributed by atoms with Crippen LogP contribution in [0.25, 0.3) is 22.1 Å². The van der Waals surface area contributed by atoms with Gasteiger partial charge in [-0.05, 0) is 17.7 Å². The Morgan fingerprint density at radius 2 is 1.09 bits per heavy atom. The molecule has 0 bridgehead atoms. The molecule has 66 heavy (non-hydrogen) atoms. The molecule has 2 aliphatic heterocycles. The van der Waals surface area contributed by atoms with Gasteiger partial charge in [-0.15, -0.1) is 0 Å². The van der Waals surface area contributed by atoms with Crippen LogP contribution >= 0.6 is 15.9 Å². The number of halogens is 1. The first-order chi connectivity index (χ1) is 31.6. The summed E-state index contributed by atoms with van der Waals surface area (Å²) in [5.41, 5.74) is -1.24. The highest BCUT2D eigenvalue weighted by Crippen LogP contribution is 2.45. The van der Waals surface area contributed by atoms with E-state index in [1.165, 1.54) is 69.5 Å². The minimum absolute atomic E-state index is 0.0676. The summed E-state index contributed by atoms with van der Waals surface area (Å²) < 4.78 is 37.2. The van der Waals surface area contributed by atoms with Gasteiger partial charge < -0.3 is 37.9 Å². The number of hydrogen-bond acceptors (Lipinski definition) is 14. The molecule has 4 aromatic heterocycles. The number of aryl methyl sites for hydroxylation is 4. The molecule has 344 valence electrons. The van der Waals surface area contributed by atoms with E-state index in [-0.39, 0.29) is 67.5 Å². The molecule has 0 spiro atoms. The molecule has 0 unspecified atom stereocenters. The van der Waals surface area contributed by atoms with E-state index in [1.54, 1.807) is 50.5 Å². The standard InChI is InChI=1S/C43H43BrN10O12/c1-47-28-18-33(64-5)31(62-3)16-26(28)45-24(38(47)56)9-11-49-40(58)51-13-8-22-30(53(51)42(49)60)20-52-41(59)50(43(61)54(52)36(22)23-14-21(44)15-35(66-7)37(23)55)12-10-25-39(57)48(2)29-19-34(65-6)32(63-4)17-27(29)46-25/h8,14-19,30,36,55H,9-13,20H2,1-7H3/t30-,36-/m1/s1. The van der Waals surface area contributed by atoms with E-state index >= 15 is 0 Å². The third-order valence-corrected chi connectivity index (χ3v) is 12.8. The smallest absolute Gasteiger partial charge is 0.348 e. The van der Waals surface area contributed by atoms with Gasteiger partial charge in [-0.2, -0.15) is 0 Å². The van der Waals surface area contributed by atoms with E-state index in [4.69, 9.17) is 23.7 Å². The van der Waals surface area contributed by atoms with E-state index < -0.39 is 46.0 Å². The zero-order valence-electron chi connectivity index (χ0n) is 36.7. The minimum atomic E-state index is -1.19. The molecule has 0 saturated carbocycles. The van der Waals surface area contributed by atoms with Crippen LogP contribution in [0.4, 0.5) is 0 Å². The number of allylic oxidation sites excluding steroid dienone is 2. The Morgan fingerprint density at radius 1 is 0.621 bits per heavy atom. The van der Waals surface area contributed by atoms with Crippen molar-refractivity contribution in [2.24, 2.45) is 14.1 Å². The van der Waals surface area contributed by atoms with Gasteiger partial charge in [0, 0.05) is 74.3 Å².